The highest BCUT2D eigenvalue weighted by atomic mass is 35.5. The van der Waals surface area contributed by atoms with E-state index in [9.17, 15) is 13.2 Å². The van der Waals surface area contributed by atoms with Gasteiger partial charge in [-0.1, -0.05) is 39.0 Å². The second-order valence-electron chi connectivity index (χ2n) is 4.56. The minimum atomic E-state index is -4.32. The molecule has 0 aliphatic carbocycles. The van der Waals surface area contributed by atoms with Crippen molar-refractivity contribution < 1.29 is 13.2 Å². The van der Waals surface area contributed by atoms with Gasteiger partial charge in [-0.05, 0) is 23.5 Å². The lowest BCUT2D eigenvalue weighted by atomic mass is 9.88. The van der Waals surface area contributed by atoms with Crippen LogP contribution in [0.25, 0.3) is 0 Å². The standard InChI is InChI=1S/C13H16ClF3/c1-8(2)12(14)9(3)10-6-4-5-7-11(10)13(15,16)17/h4-9,12H,1-3H3. The van der Waals surface area contributed by atoms with Gasteiger partial charge in [0.15, 0.2) is 0 Å². The zero-order valence-electron chi connectivity index (χ0n) is 10.1. The van der Waals surface area contributed by atoms with Crippen molar-refractivity contribution in [2.24, 2.45) is 5.92 Å². The molecule has 2 atom stereocenters. The molecule has 17 heavy (non-hydrogen) atoms. The van der Waals surface area contributed by atoms with Crippen molar-refractivity contribution in [3.8, 4) is 0 Å². The summed E-state index contributed by atoms with van der Waals surface area (Å²) in [6, 6.07) is 5.63. The Labute approximate surface area is 105 Å². The fourth-order valence-electron chi connectivity index (χ4n) is 1.90. The van der Waals surface area contributed by atoms with E-state index in [2.05, 4.69) is 0 Å². The van der Waals surface area contributed by atoms with Gasteiger partial charge >= 0.3 is 6.18 Å². The lowest BCUT2D eigenvalue weighted by Crippen LogP contribution is -2.20. The lowest BCUT2D eigenvalue weighted by Gasteiger charge is -2.24. The summed E-state index contributed by atoms with van der Waals surface area (Å²) in [4.78, 5) is 0. The summed E-state index contributed by atoms with van der Waals surface area (Å²) < 4.78 is 38.5. The van der Waals surface area contributed by atoms with Gasteiger partial charge in [-0.3, -0.25) is 0 Å². The van der Waals surface area contributed by atoms with Crippen LogP contribution in [0.4, 0.5) is 13.2 Å². The maximum Gasteiger partial charge on any atom is 0.416 e. The highest BCUT2D eigenvalue weighted by Gasteiger charge is 2.35. The third kappa shape index (κ3) is 3.38. The van der Waals surface area contributed by atoms with Gasteiger partial charge in [0.1, 0.15) is 0 Å². The summed E-state index contributed by atoms with van der Waals surface area (Å²) in [5.41, 5.74) is -0.312. The predicted molar refractivity (Wildman–Crippen MR) is 64.3 cm³/mol. The van der Waals surface area contributed by atoms with Crippen molar-refractivity contribution in [2.45, 2.75) is 38.2 Å². The molecule has 4 heteroatoms. The molecule has 0 aliphatic rings. The molecule has 0 saturated carbocycles. The SMILES string of the molecule is CC(C)C(Cl)C(C)c1ccccc1C(F)(F)F. The van der Waals surface area contributed by atoms with E-state index in [0.717, 1.165) is 6.07 Å². The fraction of sp³-hybridized carbons (Fsp3) is 0.538. The van der Waals surface area contributed by atoms with E-state index >= 15 is 0 Å². The Hall–Kier alpha value is -0.700. The van der Waals surface area contributed by atoms with Crippen LogP contribution < -0.4 is 0 Å². The average Bonchev–Trinajstić information content (AvgIpc) is 2.25. The molecule has 1 aromatic carbocycles. The second-order valence-corrected chi connectivity index (χ2v) is 5.07. The highest BCUT2D eigenvalue weighted by molar-refractivity contribution is 6.21. The molecule has 0 amide bonds. The van der Waals surface area contributed by atoms with E-state index in [0.29, 0.717) is 0 Å². The molecule has 2 unspecified atom stereocenters. The van der Waals surface area contributed by atoms with Crippen LogP contribution >= 0.6 is 11.6 Å². The van der Waals surface area contributed by atoms with Gasteiger partial charge in [0.05, 0.1) is 5.56 Å². The first-order valence-electron chi connectivity index (χ1n) is 5.55. The summed E-state index contributed by atoms with van der Waals surface area (Å²) in [6.45, 7) is 5.55. The topological polar surface area (TPSA) is 0 Å². The third-order valence-electron chi connectivity index (χ3n) is 2.87. The zero-order chi connectivity index (χ0) is 13.2. The van der Waals surface area contributed by atoms with E-state index in [1.807, 2.05) is 13.8 Å². The smallest absolute Gasteiger partial charge is 0.166 e. The Balaban J connectivity index is 3.14. The lowest BCUT2D eigenvalue weighted by molar-refractivity contribution is -0.138. The Morgan fingerprint density at radius 2 is 1.59 bits per heavy atom. The average molecular weight is 265 g/mol. The maximum absolute atomic E-state index is 12.8. The molecule has 0 N–H and O–H groups in total. The first-order chi connectivity index (χ1) is 7.75. The molecule has 0 nitrogen and oxygen atoms in total. The molecule has 0 heterocycles. The molecule has 96 valence electrons. The van der Waals surface area contributed by atoms with Gasteiger partial charge in [0.2, 0.25) is 0 Å². The van der Waals surface area contributed by atoms with E-state index in [1.54, 1.807) is 13.0 Å². The number of hydrogen-bond donors (Lipinski definition) is 0. The van der Waals surface area contributed by atoms with Crippen LogP contribution in [0, 0.1) is 5.92 Å². The Kier molecular flexibility index (Phi) is 4.48. The molecule has 0 aromatic heterocycles. The summed E-state index contributed by atoms with van der Waals surface area (Å²) in [6.07, 6.45) is -4.32. The minimum absolute atomic E-state index is 0.132. The van der Waals surface area contributed by atoms with Crippen LogP contribution in [0.5, 0.6) is 0 Å². The third-order valence-corrected chi connectivity index (χ3v) is 3.75. The van der Waals surface area contributed by atoms with Crippen LogP contribution in [0.3, 0.4) is 0 Å². The zero-order valence-corrected chi connectivity index (χ0v) is 10.8. The summed E-state index contributed by atoms with van der Waals surface area (Å²) in [5, 5.41) is -0.307. The Morgan fingerprint density at radius 1 is 1.06 bits per heavy atom. The van der Waals surface area contributed by atoms with E-state index in [-0.39, 0.29) is 22.8 Å². The highest BCUT2D eigenvalue weighted by Crippen LogP contribution is 2.38. The number of halogens is 4. The molecular weight excluding hydrogens is 249 g/mol. The molecule has 0 radical (unpaired) electrons. The quantitative estimate of drug-likeness (QED) is 0.669. The molecule has 0 spiro atoms. The van der Waals surface area contributed by atoms with E-state index in [4.69, 9.17) is 11.6 Å². The second kappa shape index (κ2) is 5.30. The largest absolute Gasteiger partial charge is 0.416 e. The molecule has 0 aliphatic heterocycles. The summed E-state index contributed by atoms with van der Waals surface area (Å²) in [7, 11) is 0. The molecule has 1 aromatic rings. The monoisotopic (exact) mass is 264 g/mol. The fourth-order valence-corrected chi connectivity index (χ4v) is 2.04. The van der Waals surface area contributed by atoms with Gasteiger partial charge in [0.25, 0.3) is 0 Å². The molecule has 0 bridgehead atoms. The Morgan fingerprint density at radius 3 is 2.06 bits per heavy atom. The first-order valence-corrected chi connectivity index (χ1v) is 5.99. The van der Waals surface area contributed by atoms with Crippen molar-refractivity contribution in [3.05, 3.63) is 35.4 Å². The van der Waals surface area contributed by atoms with Crippen molar-refractivity contribution in [2.75, 3.05) is 0 Å². The normalized spacial score (nSPS) is 16.0. The number of benzene rings is 1. The minimum Gasteiger partial charge on any atom is -0.166 e. The summed E-state index contributed by atoms with van der Waals surface area (Å²) in [5.74, 6) is -0.192. The van der Waals surface area contributed by atoms with Gasteiger partial charge in [-0.25, -0.2) is 0 Å². The first kappa shape index (κ1) is 14.4. The van der Waals surface area contributed by atoms with Crippen molar-refractivity contribution in [1.29, 1.82) is 0 Å². The van der Waals surface area contributed by atoms with Crippen molar-refractivity contribution in [3.63, 3.8) is 0 Å². The molecule has 0 fully saturated rings. The van der Waals surface area contributed by atoms with Crippen LogP contribution in [0.15, 0.2) is 24.3 Å². The molecule has 1 rings (SSSR count). The number of alkyl halides is 4. The van der Waals surface area contributed by atoms with Crippen molar-refractivity contribution in [1.82, 2.24) is 0 Å². The van der Waals surface area contributed by atoms with Crippen LogP contribution in [-0.2, 0) is 6.18 Å². The molecular formula is C13H16ClF3. The Bertz CT molecular complexity index is 371. The van der Waals surface area contributed by atoms with Gasteiger partial charge < -0.3 is 0 Å². The van der Waals surface area contributed by atoms with Crippen LogP contribution in [-0.4, -0.2) is 5.38 Å². The predicted octanol–water partition coefficient (Wildman–Crippen LogP) is 5.07. The van der Waals surface area contributed by atoms with E-state index in [1.165, 1.54) is 12.1 Å². The van der Waals surface area contributed by atoms with Gasteiger partial charge in [-0.15, -0.1) is 11.6 Å². The summed E-state index contributed by atoms with van der Waals surface area (Å²) >= 11 is 6.16. The number of hydrogen-bond acceptors (Lipinski definition) is 0. The molecule has 0 saturated heterocycles. The number of rotatable bonds is 3. The van der Waals surface area contributed by atoms with Gasteiger partial charge in [-0.2, -0.15) is 13.2 Å². The van der Waals surface area contributed by atoms with E-state index < -0.39 is 11.7 Å². The van der Waals surface area contributed by atoms with Crippen LogP contribution in [0.1, 0.15) is 37.8 Å². The van der Waals surface area contributed by atoms with Crippen molar-refractivity contribution >= 4 is 11.6 Å². The maximum atomic E-state index is 12.8. The van der Waals surface area contributed by atoms with Gasteiger partial charge in [0, 0.05) is 5.38 Å². The van der Waals surface area contributed by atoms with Crippen LogP contribution in [0.2, 0.25) is 0 Å².